The van der Waals surface area contributed by atoms with Crippen LogP contribution in [0.2, 0.25) is 0 Å². The van der Waals surface area contributed by atoms with Crippen molar-refractivity contribution in [3.8, 4) is 11.3 Å². The molecular formula is C20H20N2O2. The van der Waals surface area contributed by atoms with Crippen molar-refractivity contribution >= 4 is 22.6 Å². The van der Waals surface area contributed by atoms with Gasteiger partial charge in [0.2, 0.25) is 0 Å². The zero-order valence-corrected chi connectivity index (χ0v) is 14.3. The second-order valence-electron chi connectivity index (χ2n) is 6.22. The van der Waals surface area contributed by atoms with Gasteiger partial charge >= 0.3 is 5.97 Å². The highest BCUT2D eigenvalue weighted by molar-refractivity contribution is 6.11. The lowest BCUT2D eigenvalue weighted by Gasteiger charge is -2.21. The molecule has 0 aliphatic rings. The van der Waals surface area contributed by atoms with Gasteiger partial charge in [-0.3, -0.25) is 0 Å². The van der Waals surface area contributed by atoms with Crippen molar-refractivity contribution in [2.75, 3.05) is 19.0 Å². The van der Waals surface area contributed by atoms with Gasteiger partial charge in [-0.2, -0.15) is 0 Å². The van der Waals surface area contributed by atoms with E-state index in [-0.39, 0.29) is 0 Å². The smallest absolute Gasteiger partial charge is 0.338 e. The molecule has 0 saturated carbocycles. The molecule has 1 heterocycles. The molecular weight excluding hydrogens is 300 g/mol. The number of hydrogen-bond donors (Lipinski definition) is 1. The minimum absolute atomic E-state index is 0.296. The average molecular weight is 320 g/mol. The van der Waals surface area contributed by atoms with Gasteiger partial charge in [-0.05, 0) is 19.4 Å². The fraction of sp³-hybridized carbons (Fsp3) is 0.200. The highest BCUT2D eigenvalue weighted by Crippen LogP contribution is 2.37. The third-order valence-corrected chi connectivity index (χ3v) is 4.18. The van der Waals surface area contributed by atoms with Crippen molar-refractivity contribution in [2.45, 2.75) is 13.8 Å². The van der Waals surface area contributed by atoms with Gasteiger partial charge in [0, 0.05) is 25.0 Å². The van der Waals surface area contributed by atoms with Gasteiger partial charge in [0.25, 0.3) is 0 Å². The monoisotopic (exact) mass is 320 g/mol. The summed E-state index contributed by atoms with van der Waals surface area (Å²) in [4.78, 5) is 18.7. The molecule has 0 aliphatic heterocycles. The number of anilines is 1. The van der Waals surface area contributed by atoms with Crippen LogP contribution in [0, 0.1) is 13.8 Å². The summed E-state index contributed by atoms with van der Waals surface area (Å²) in [6.45, 7) is 3.98. The van der Waals surface area contributed by atoms with Gasteiger partial charge in [0.15, 0.2) is 0 Å². The zero-order valence-electron chi connectivity index (χ0n) is 14.3. The van der Waals surface area contributed by atoms with Crippen molar-refractivity contribution in [2.24, 2.45) is 0 Å². The van der Waals surface area contributed by atoms with Gasteiger partial charge in [0.1, 0.15) is 0 Å². The van der Waals surface area contributed by atoms with Crippen LogP contribution in [0.3, 0.4) is 0 Å². The molecule has 4 nitrogen and oxygen atoms in total. The zero-order chi connectivity index (χ0) is 17.4. The van der Waals surface area contributed by atoms with Gasteiger partial charge in [-0.1, -0.05) is 48.0 Å². The van der Waals surface area contributed by atoms with Gasteiger partial charge < -0.3 is 10.0 Å². The van der Waals surface area contributed by atoms with Crippen LogP contribution in [-0.4, -0.2) is 30.2 Å². The van der Waals surface area contributed by atoms with Crippen LogP contribution < -0.4 is 4.90 Å². The van der Waals surface area contributed by atoms with Crippen LogP contribution in [0.5, 0.6) is 0 Å². The number of pyridine rings is 1. The standard InChI is InChI=1S/C20H20N2O2/c1-12-8-10-14(11-9-12)18-19(22(3)4)16(20(23)24)15-7-5-6-13(2)17(15)21-18/h5-11H,1-4H3,(H,23,24). The summed E-state index contributed by atoms with van der Waals surface area (Å²) in [5, 5.41) is 10.5. The molecule has 0 amide bonds. The topological polar surface area (TPSA) is 53.4 Å². The van der Waals surface area contributed by atoms with Crippen LogP contribution in [0.15, 0.2) is 42.5 Å². The van der Waals surface area contributed by atoms with Gasteiger partial charge in [0.05, 0.1) is 22.5 Å². The SMILES string of the molecule is Cc1ccc(-c2nc3c(C)cccc3c(C(=O)O)c2N(C)C)cc1. The summed E-state index contributed by atoms with van der Waals surface area (Å²) < 4.78 is 0. The predicted octanol–water partition coefficient (Wildman–Crippen LogP) is 4.28. The summed E-state index contributed by atoms with van der Waals surface area (Å²) in [6.07, 6.45) is 0. The van der Waals surface area contributed by atoms with Crippen LogP contribution >= 0.6 is 0 Å². The van der Waals surface area contributed by atoms with E-state index in [1.807, 2.05) is 75.3 Å². The number of carboxylic acid groups (broad SMARTS) is 1. The normalized spacial score (nSPS) is 10.8. The number of aromatic carboxylic acids is 1. The van der Waals surface area contributed by atoms with Crippen molar-refractivity contribution in [1.82, 2.24) is 4.98 Å². The van der Waals surface area contributed by atoms with E-state index in [0.717, 1.165) is 22.2 Å². The van der Waals surface area contributed by atoms with Gasteiger partial charge in [-0.25, -0.2) is 9.78 Å². The first-order chi connectivity index (χ1) is 11.4. The van der Waals surface area contributed by atoms with E-state index in [1.54, 1.807) is 0 Å². The summed E-state index contributed by atoms with van der Waals surface area (Å²) in [5.41, 5.74) is 5.38. The van der Waals surface area contributed by atoms with E-state index >= 15 is 0 Å². The van der Waals surface area contributed by atoms with E-state index in [2.05, 4.69) is 0 Å². The minimum atomic E-state index is -0.940. The number of hydrogen-bond acceptors (Lipinski definition) is 3. The number of benzene rings is 2. The van der Waals surface area contributed by atoms with Crippen LogP contribution in [0.25, 0.3) is 22.2 Å². The predicted molar refractivity (Wildman–Crippen MR) is 97.9 cm³/mol. The number of para-hydroxylation sites is 1. The van der Waals surface area contributed by atoms with Crippen LogP contribution in [-0.2, 0) is 0 Å². The average Bonchev–Trinajstić information content (AvgIpc) is 2.54. The Morgan fingerprint density at radius 3 is 2.29 bits per heavy atom. The maximum atomic E-state index is 12.0. The Hall–Kier alpha value is -2.88. The minimum Gasteiger partial charge on any atom is -0.478 e. The Bertz CT molecular complexity index is 929. The molecule has 0 fully saturated rings. The highest BCUT2D eigenvalue weighted by atomic mass is 16.4. The fourth-order valence-electron chi connectivity index (χ4n) is 2.98. The summed E-state index contributed by atoms with van der Waals surface area (Å²) >= 11 is 0. The number of fused-ring (bicyclic) bond motifs is 1. The Morgan fingerprint density at radius 1 is 1.04 bits per heavy atom. The molecule has 1 N–H and O–H groups in total. The molecule has 2 aromatic carbocycles. The lowest BCUT2D eigenvalue weighted by atomic mass is 9.98. The second-order valence-corrected chi connectivity index (χ2v) is 6.22. The molecule has 3 rings (SSSR count). The highest BCUT2D eigenvalue weighted by Gasteiger charge is 2.23. The summed E-state index contributed by atoms with van der Waals surface area (Å²) in [6, 6.07) is 13.6. The quantitative estimate of drug-likeness (QED) is 0.782. The molecule has 0 atom stereocenters. The van der Waals surface area contributed by atoms with Gasteiger partial charge in [-0.15, -0.1) is 0 Å². The molecule has 0 aliphatic carbocycles. The van der Waals surface area contributed by atoms with Crippen molar-refractivity contribution in [1.29, 1.82) is 0 Å². The number of rotatable bonds is 3. The molecule has 0 spiro atoms. The molecule has 24 heavy (non-hydrogen) atoms. The molecule has 0 saturated heterocycles. The number of aromatic nitrogens is 1. The first-order valence-corrected chi connectivity index (χ1v) is 7.81. The van der Waals surface area contributed by atoms with Crippen molar-refractivity contribution in [3.63, 3.8) is 0 Å². The Morgan fingerprint density at radius 2 is 1.71 bits per heavy atom. The number of carboxylic acids is 1. The molecule has 0 unspecified atom stereocenters. The summed E-state index contributed by atoms with van der Waals surface area (Å²) in [5.74, 6) is -0.940. The molecule has 0 radical (unpaired) electrons. The van der Waals surface area contributed by atoms with E-state index in [9.17, 15) is 9.90 Å². The molecule has 0 bridgehead atoms. The third-order valence-electron chi connectivity index (χ3n) is 4.18. The number of aryl methyl sites for hydroxylation is 2. The Balaban J connectivity index is 2.48. The first kappa shape index (κ1) is 16.0. The van der Waals surface area contributed by atoms with E-state index < -0.39 is 5.97 Å². The lowest BCUT2D eigenvalue weighted by molar-refractivity contribution is 0.0699. The third kappa shape index (κ3) is 2.60. The van der Waals surface area contributed by atoms with Crippen LogP contribution in [0.1, 0.15) is 21.5 Å². The fourth-order valence-corrected chi connectivity index (χ4v) is 2.98. The maximum Gasteiger partial charge on any atom is 0.338 e. The molecule has 4 heteroatoms. The van der Waals surface area contributed by atoms with E-state index in [1.165, 1.54) is 0 Å². The van der Waals surface area contributed by atoms with E-state index in [4.69, 9.17) is 4.98 Å². The van der Waals surface area contributed by atoms with Crippen molar-refractivity contribution in [3.05, 3.63) is 59.2 Å². The maximum absolute atomic E-state index is 12.0. The van der Waals surface area contributed by atoms with Crippen LogP contribution in [0.4, 0.5) is 5.69 Å². The van der Waals surface area contributed by atoms with Crippen molar-refractivity contribution < 1.29 is 9.90 Å². The largest absolute Gasteiger partial charge is 0.478 e. The number of carbonyl (C=O) groups is 1. The van der Waals surface area contributed by atoms with E-state index in [0.29, 0.717) is 22.3 Å². The molecule has 3 aromatic rings. The Labute approximate surface area is 141 Å². The Kier molecular flexibility index (Phi) is 3.97. The lowest BCUT2D eigenvalue weighted by Crippen LogP contribution is -2.17. The summed E-state index contributed by atoms with van der Waals surface area (Å²) in [7, 11) is 3.70. The number of nitrogens with zero attached hydrogens (tertiary/aromatic N) is 2. The first-order valence-electron chi connectivity index (χ1n) is 7.81. The second kappa shape index (κ2) is 5.96. The molecule has 1 aromatic heterocycles. The molecule has 122 valence electrons.